The summed E-state index contributed by atoms with van der Waals surface area (Å²) in [5.74, 6) is 0.298. The Bertz CT molecular complexity index is 967. The first-order valence-electron chi connectivity index (χ1n) is 8.50. The van der Waals surface area contributed by atoms with Gasteiger partial charge in [-0.1, -0.05) is 23.7 Å². The number of methoxy groups -OCH3 is 1. The molecule has 6 nitrogen and oxygen atoms in total. The third-order valence-electron chi connectivity index (χ3n) is 3.87. The molecule has 0 spiro atoms. The summed E-state index contributed by atoms with van der Waals surface area (Å²) in [4.78, 5) is 11.7. The molecular weight excluding hydrogens is 407 g/mol. The number of aromatic nitrogens is 3. The van der Waals surface area contributed by atoms with E-state index in [4.69, 9.17) is 16.3 Å². The summed E-state index contributed by atoms with van der Waals surface area (Å²) in [6.07, 6.45) is -1.88. The van der Waals surface area contributed by atoms with Crippen LogP contribution in [0.1, 0.15) is 16.8 Å². The molecule has 0 aliphatic carbocycles. The minimum absolute atomic E-state index is 0.0572. The zero-order chi connectivity index (χ0) is 20.9. The van der Waals surface area contributed by atoms with Gasteiger partial charge < -0.3 is 15.4 Å². The average molecular weight is 424 g/mol. The summed E-state index contributed by atoms with van der Waals surface area (Å²) < 4.78 is 45.4. The molecule has 0 bridgehead atoms. The molecular formula is C19H17ClF3N5O. The van der Waals surface area contributed by atoms with E-state index in [0.29, 0.717) is 23.1 Å². The van der Waals surface area contributed by atoms with Gasteiger partial charge in [0.15, 0.2) is 5.69 Å². The number of hydrogen-bond acceptors (Lipinski definition) is 6. The Kier molecular flexibility index (Phi) is 6.50. The van der Waals surface area contributed by atoms with Gasteiger partial charge in [0.05, 0.1) is 7.11 Å². The van der Waals surface area contributed by atoms with E-state index < -0.39 is 11.9 Å². The topological polar surface area (TPSA) is 72.0 Å². The largest absolute Gasteiger partial charge is 0.481 e. The van der Waals surface area contributed by atoms with Crippen LogP contribution in [0.3, 0.4) is 0 Å². The molecule has 0 aliphatic heterocycles. The van der Waals surface area contributed by atoms with E-state index >= 15 is 0 Å². The van der Waals surface area contributed by atoms with Crippen molar-refractivity contribution in [2.45, 2.75) is 19.3 Å². The van der Waals surface area contributed by atoms with Crippen LogP contribution < -0.4 is 15.4 Å². The minimum Gasteiger partial charge on any atom is -0.481 e. The molecule has 0 radical (unpaired) electrons. The number of anilines is 2. The van der Waals surface area contributed by atoms with Crippen LogP contribution in [0, 0.1) is 0 Å². The highest BCUT2D eigenvalue weighted by Crippen LogP contribution is 2.31. The fourth-order valence-electron chi connectivity index (χ4n) is 2.51. The van der Waals surface area contributed by atoms with Crippen molar-refractivity contribution < 1.29 is 17.9 Å². The molecule has 2 heterocycles. The molecule has 2 N–H and O–H groups in total. The molecule has 0 amide bonds. The molecule has 3 rings (SSSR count). The fourth-order valence-corrected chi connectivity index (χ4v) is 2.71. The Morgan fingerprint density at radius 3 is 2.55 bits per heavy atom. The Hall–Kier alpha value is -2.91. The second-order valence-electron chi connectivity index (χ2n) is 6.01. The SMILES string of the molecule is COc1ccc(CNCc2cnc(Nc3cccc(Cl)c3)nc2C(F)(F)F)cn1. The lowest BCUT2D eigenvalue weighted by atomic mass is 10.2. The molecule has 2 aromatic heterocycles. The monoisotopic (exact) mass is 423 g/mol. The van der Waals surface area contributed by atoms with E-state index in [1.807, 2.05) is 0 Å². The van der Waals surface area contributed by atoms with Crippen LogP contribution in [0.2, 0.25) is 5.02 Å². The van der Waals surface area contributed by atoms with Crippen LogP contribution in [-0.2, 0) is 19.3 Å². The maximum atomic E-state index is 13.5. The normalized spacial score (nSPS) is 11.3. The molecule has 29 heavy (non-hydrogen) atoms. The van der Waals surface area contributed by atoms with Crippen LogP contribution in [0.4, 0.5) is 24.8 Å². The van der Waals surface area contributed by atoms with Gasteiger partial charge in [-0.05, 0) is 23.8 Å². The van der Waals surface area contributed by atoms with Gasteiger partial charge in [0.1, 0.15) is 0 Å². The van der Waals surface area contributed by atoms with Crippen molar-refractivity contribution in [1.29, 1.82) is 0 Å². The van der Waals surface area contributed by atoms with Gasteiger partial charge >= 0.3 is 6.18 Å². The van der Waals surface area contributed by atoms with Crippen molar-refractivity contribution in [2.75, 3.05) is 12.4 Å². The average Bonchev–Trinajstić information content (AvgIpc) is 2.69. The molecule has 3 aromatic rings. The number of nitrogens with one attached hydrogen (secondary N) is 2. The van der Waals surface area contributed by atoms with Crippen LogP contribution >= 0.6 is 11.6 Å². The summed E-state index contributed by atoms with van der Waals surface area (Å²) in [7, 11) is 1.50. The number of rotatable bonds is 7. The number of hydrogen-bond donors (Lipinski definition) is 2. The van der Waals surface area contributed by atoms with E-state index in [1.165, 1.54) is 7.11 Å². The van der Waals surface area contributed by atoms with Gasteiger partial charge in [-0.15, -0.1) is 0 Å². The van der Waals surface area contributed by atoms with Gasteiger partial charge in [-0.25, -0.2) is 15.0 Å². The fraction of sp³-hybridized carbons (Fsp3) is 0.211. The number of ether oxygens (including phenoxy) is 1. The van der Waals surface area contributed by atoms with Crippen molar-refractivity contribution in [3.63, 3.8) is 0 Å². The smallest absolute Gasteiger partial charge is 0.433 e. The van der Waals surface area contributed by atoms with Gasteiger partial charge in [0, 0.05) is 47.8 Å². The summed E-state index contributed by atoms with van der Waals surface area (Å²) in [5.41, 5.74) is 0.232. The summed E-state index contributed by atoms with van der Waals surface area (Å²) in [6.45, 7) is 0.273. The Balaban J connectivity index is 1.72. The van der Waals surface area contributed by atoms with E-state index in [1.54, 1.807) is 42.6 Å². The Morgan fingerprint density at radius 1 is 1.07 bits per heavy atom. The molecule has 0 saturated carbocycles. The molecule has 0 saturated heterocycles. The van der Waals surface area contributed by atoms with Gasteiger partial charge in [0.2, 0.25) is 11.8 Å². The third-order valence-corrected chi connectivity index (χ3v) is 4.10. The molecule has 1 aromatic carbocycles. The maximum Gasteiger partial charge on any atom is 0.433 e. The van der Waals surface area contributed by atoms with Crippen LogP contribution in [0.5, 0.6) is 5.88 Å². The number of halogens is 4. The predicted molar refractivity (Wildman–Crippen MR) is 103 cm³/mol. The standard InChI is InChI=1S/C19H17ClF3N5O/c1-29-16-6-5-12(9-25-16)8-24-10-13-11-26-18(28-17(13)19(21,22)23)27-15-4-2-3-14(20)7-15/h2-7,9,11,24H,8,10H2,1H3,(H,26,27,28). The summed E-state index contributed by atoms with van der Waals surface area (Å²) in [5, 5.41) is 6.12. The number of benzene rings is 1. The molecule has 0 aliphatic rings. The lowest BCUT2D eigenvalue weighted by Gasteiger charge is -2.14. The minimum atomic E-state index is -4.62. The van der Waals surface area contributed by atoms with Crippen molar-refractivity contribution in [3.8, 4) is 5.88 Å². The van der Waals surface area contributed by atoms with Crippen molar-refractivity contribution in [2.24, 2.45) is 0 Å². The Morgan fingerprint density at radius 2 is 1.90 bits per heavy atom. The van der Waals surface area contributed by atoms with E-state index in [-0.39, 0.29) is 18.1 Å². The zero-order valence-corrected chi connectivity index (χ0v) is 16.1. The van der Waals surface area contributed by atoms with Crippen LogP contribution in [-0.4, -0.2) is 22.1 Å². The first-order chi connectivity index (χ1) is 13.8. The van der Waals surface area contributed by atoms with E-state index in [9.17, 15) is 13.2 Å². The van der Waals surface area contributed by atoms with Crippen molar-refractivity contribution >= 4 is 23.2 Å². The summed E-state index contributed by atoms with van der Waals surface area (Å²) >= 11 is 5.88. The first kappa shape index (κ1) is 20.8. The molecule has 10 heteroatoms. The zero-order valence-electron chi connectivity index (χ0n) is 15.3. The lowest BCUT2D eigenvalue weighted by Crippen LogP contribution is -2.20. The second kappa shape index (κ2) is 9.06. The van der Waals surface area contributed by atoms with Crippen molar-refractivity contribution in [1.82, 2.24) is 20.3 Å². The van der Waals surface area contributed by atoms with Crippen LogP contribution in [0.25, 0.3) is 0 Å². The van der Waals surface area contributed by atoms with Gasteiger partial charge in [-0.2, -0.15) is 13.2 Å². The maximum absolute atomic E-state index is 13.5. The quantitative estimate of drug-likeness (QED) is 0.579. The van der Waals surface area contributed by atoms with Crippen LogP contribution in [0.15, 0.2) is 48.8 Å². The number of nitrogens with zero attached hydrogens (tertiary/aromatic N) is 3. The third kappa shape index (κ3) is 5.78. The first-order valence-corrected chi connectivity index (χ1v) is 8.88. The highest BCUT2D eigenvalue weighted by atomic mass is 35.5. The lowest BCUT2D eigenvalue weighted by molar-refractivity contribution is -0.141. The van der Waals surface area contributed by atoms with Gasteiger partial charge in [0.25, 0.3) is 0 Å². The number of pyridine rings is 1. The Labute approximate surface area is 170 Å². The molecule has 0 fully saturated rings. The highest BCUT2D eigenvalue weighted by molar-refractivity contribution is 6.30. The molecule has 0 atom stereocenters. The number of alkyl halides is 3. The molecule has 0 unspecified atom stereocenters. The van der Waals surface area contributed by atoms with E-state index in [0.717, 1.165) is 11.8 Å². The molecule has 152 valence electrons. The highest BCUT2D eigenvalue weighted by Gasteiger charge is 2.36. The van der Waals surface area contributed by atoms with Crippen molar-refractivity contribution in [3.05, 3.63) is 70.6 Å². The predicted octanol–water partition coefficient (Wildman–Crippen LogP) is 4.59. The second-order valence-corrected chi connectivity index (χ2v) is 6.45. The summed E-state index contributed by atoms with van der Waals surface area (Å²) in [6, 6.07) is 10.00. The van der Waals surface area contributed by atoms with Gasteiger partial charge in [-0.3, -0.25) is 0 Å². The van der Waals surface area contributed by atoms with E-state index in [2.05, 4.69) is 25.6 Å².